The van der Waals surface area contributed by atoms with Gasteiger partial charge in [0, 0.05) is 31.6 Å². The van der Waals surface area contributed by atoms with E-state index in [0.717, 1.165) is 62.0 Å². The lowest BCUT2D eigenvalue weighted by Gasteiger charge is -2.48. The number of ether oxygens (including phenoxy) is 1. The fourth-order valence-electron chi connectivity index (χ4n) is 4.75. The highest BCUT2D eigenvalue weighted by Crippen LogP contribution is 2.39. The van der Waals surface area contributed by atoms with Crippen molar-refractivity contribution in [2.45, 2.75) is 45.2 Å². The Balaban J connectivity index is 1.64. The summed E-state index contributed by atoms with van der Waals surface area (Å²) in [6.07, 6.45) is 2.48. The molecule has 0 aliphatic carbocycles. The number of rotatable bonds is 4. The molecule has 3 heterocycles. The van der Waals surface area contributed by atoms with E-state index in [1.807, 2.05) is 29.2 Å². The molecule has 1 saturated heterocycles. The number of benzene rings is 1. The predicted molar refractivity (Wildman–Crippen MR) is 112 cm³/mol. The standard InChI is InChI=1S/C22H31N5O2/c1-16(2)13-20(28)26-11-9-22(10-12-26)15-25(3)14-19-23-24-21(27(19)22)17-5-7-18(29-4)8-6-17/h5-8,16H,9-15H2,1-4H3. The normalized spacial score (nSPS) is 18.9. The topological polar surface area (TPSA) is 63.5 Å². The van der Waals surface area contributed by atoms with Crippen LogP contribution in [0.1, 0.15) is 38.9 Å². The molecule has 1 fully saturated rings. The van der Waals surface area contributed by atoms with Crippen molar-refractivity contribution in [1.82, 2.24) is 24.6 Å². The third-order valence-corrected chi connectivity index (χ3v) is 6.16. The molecule has 2 aromatic rings. The molecule has 1 aromatic carbocycles. The van der Waals surface area contributed by atoms with Crippen molar-refractivity contribution in [3.05, 3.63) is 30.1 Å². The lowest BCUT2D eigenvalue weighted by Crippen LogP contribution is -2.56. The van der Waals surface area contributed by atoms with Gasteiger partial charge < -0.3 is 14.2 Å². The molecule has 2 aliphatic rings. The van der Waals surface area contributed by atoms with Gasteiger partial charge in [0.15, 0.2) is 5.82 Å². The summed E-state index contributed by atoms with van der Waals surface area (Å²) in [5, 5.41) is 9.09. The van der Waals surface area contributed by atoms with Gasteiger partial charge in [0.1, 0.15) is 11.6 Å². The van der Waals surface area contributed by atoms with E-state index in [1.54, 1.807) is 7.11 Å². The van der Waals surface area contributed by atoms with Crippen molar-refractivity contribution >= 4 is 5.91 Å². The van der Waals surface area contributed by atoms with E-state index in [2.05, 4.69) is 40.6 Å². The maximum atomic E-state index is 12.6. The summed E-state index contributed by atoms with van der Waals surface area (Å²) in [6, 6.07) is 8.02. The zero-order valence-corrected chi connectivity index (χ0v) is 17.9. The van der Waals surface area contributed by atoms with E-state index in [0.29, 0.717) is 12.3 Å². The minimum atomic E-state index is -0.0737. The number of carbonyl (C=O) groups excluding carboxylic acids is 1. The summed E-state index contributed by atoms with van der Waals surface area (Å²) in [5.41, 5.74) is 0.974. The molecular weight excluding hydrogens is 366 g/mol. The van der Waals surface area contributed by atoms with Gasteiger partial charge in [0.25, 0.3) is 0 Å². The lowest BCUT2D eigenvalue weighted by atomic mass is 9.84. The van der Waals surface area contributed by atoms with E-state index in [4.69, 9.17) is 4.74 Å². The molecule has 1 aromatic heterocycles. The van der Waals surface area contributed by atoms with Crippen LogP contribution in [-0.4, -0.2) is 64.3 Å². The molecule has 0 saturated carbocycles. The second-order valence-electron chi connectivity index (χ2n) is 8.88. The second-order valence-corrected chi connectivity index (χ2v) is 8.88. The number of amides is 1. The van der Waals surface area contributed by atoms with Crippen LogP contribution in [0.5, 0.6) is 5.75 Å². The molecule has 29 heavy (non-hydrogen) atoms. The van der Waals surface area contributed by atoms with Crippen LogP contribution in [0.15, 0.2) is 24.3 Å². The van der Waals surface area contributed by atoms with Crippen LogP contribution >= 0.6 is 0 Å². The van der Waals surface area contributed by atoms with Crippen molar-refractivity contribution in [2.75, 3.05) is 33.8 Å². The molecular formula is C22H31N5O2. The third-order valence-electron chi connectivity index (χ3n) is 6.16. The fourth-order valence-corrected chi connectivity index (χ4v) is 4.75. The first-order valence-electron chi connectivity index (χ1n) is 10.5. The first-order chi connectivity index (χ1) is 13.9. The minimum Gasteiger partial charge on any atom is -0.497 e. The van der Waals surface area contributed by atoms with E-state index >= 15 is 0 Å². The first kappa shape index (κ1) is 19.9. The Labute approximate surface area is 172 Å². The summed E-state index contributed by atoms with van der Waals surface area (Å²) < 4.78 is 7.66. The first-order valence-corrected chi connectivity index (χ1v) is 10.5. The van der Waals surface area contributed by atoms with Crippen LogP contribution in [0, 0.1) is 5.92 Å². The number of aromatic nitrogens is 3. The van der Waals surface area contributed by atoms with Gasteiger partial charge in [-0.25, -0.2) is 0 Å². The molecule has 0 bridgehead atoms. The summed E-state index contributed by atoms with van der Waals surface area (Å²) >= 11 is 0. The highest BCUT2D eigenvalue weighted by molar-refractivity contribution is 5.76. The molecule has 0 radical (unpaired) electrons. The zero-order chi connectivity index (χ0) is 20.6. The minimum absolute atomic E-state index is 0.0737. The van der Waals surface area contributed by atoms with Crippen LogP contribution in [-0.2, 0) is 16.9 Å². The number of fused-ring (bicyclic) bond motifs is 2. The Morgan fingerprint density at radius 1 is 1.17 bits per heavy atom. The summed E-state index contributed by atoms with van der Waals surface area (Å²) in [4.78, 5) is 16.9. The molecule has 0 N–H and O–H groups in total. The van der Waals surface area contributed by atoms with Crippen molar-refractivity contribution in [3.8, 4) is 17.1 Å². The molecule has 1 amide bonds. The van der Waals surface area contributed by atoms with E-state index in [9.17, 15) is 4.79 Å². The average Bonchev–Trinajstić information content (AvgIpc) is 3.12. The average molecular weight is 398 g/mol. The number of piperidine rings is 1. The third kappa shape index (κ3) is 3.75. The largest absolute Gasteiger partial charge is 0.497 e. The Morgan fingerprint density at radius 2 is 1.86 bits per heavy atom. The summed E-state index contributed by atoms with van der Waals surface area (Å²) in [5.74, 6) is 3.42. The molecule has 7 heteroatoms. The number of carbonyl (C=O) groups is 1. The molecule has 156 valence electrons. The quantitative estimate of drug-likeness (QED) is 0.794. The van der Waals surface area contributed by atoms with Gasteiger partial charge in [0.05, 0.1) is 19.2 Å². The Hall–Kier alpha value is -2.41. The molecule has 0 atom stereocenters. The number of methoxy groups -OCH3 is 1. The predicted octanol–water partition coefficient (Wildman–Crippen LogP) is 2.76. The number of hydrogen-bond acceptors (Lipinski definition) is 5. The number of nitrogens with zero attached hydrogens (tertiary/aromatic N) is 5. The SMILES string of the molecule is COc1ccc(-c2nnc3n2C2(CCN(C(=O)CC(C)C)CC2)CN(C)C3)cc1. The number of likely N-dealkylation sites (N-methyl/N-ethyl adjacent to an activating group) is 1. The van der Waals surface area contributed by atoms with Gasteiger partial charge in [-0.15, -0.1) is 10.2 Å². The van der Waals surface area contributed by atoms with Crippen LogP contribution < -0.4 is 4.74 Å². The van der Waals surface area contributed by atoms with Gasteiger partial charge in [0.2, 0.25) is 5.91 Å². The molecule has 7 nitrogen and oxygen atoms in total. The highest BCUT2D eigenvalue weighted by atomic mass is 16.5. The molecule has 1 spiro atoms. The van der Waals surface area contributed by atoms with Crippen molar-refractivity contribution in [1.29, 1.82) is 0 Å². The van der Waals surface area contributed by atoms with Gasteiger partial charge in [-0.1, -0.05) is 13.8 Å². The smallest absolute Gasteiger partial charge is 0.222 e. The van der Waals surface area contributed by atoms with Gasteiger partial charge >= 0.3 is 0 Å². The van der Waals surface area contributed by atoms with Crippen molar-refractivity contribution < 1.29 is 9.53 Å². The monoisotopic (exact) mass is 397 g/mol. The Bertz CT molecular complexity index is 866. The van der Waals surface area contributed by atoms with Gasteiger partial charge in [-0.3, -0.25) is 9.69 Å². The van der Waals surface area contributed by atoms with Crippen molar-refractivity contribution in [3.63, 3.8) is 0 Å². The van der Waals surface area contributed by atoms with Crippen LogP contribution in [0.25, 0.3) is 11.4 Å². The van der Waals surface area contributed by atoms with Gasteiger partial charge in [-0.2, -0.15) is 0 Å². The number of hydrogen-bond donors (Lipinski definition) is 0. The van der Waals surface area contributed by atoms with Crippen LogP contribution in [0.2, 0.25) is 0 Å². The van der Waals surface area contributed by atoms with Gasteiger partial charge in [-0.05, 0) is 50.1 Å². The summed E-state index contributed by atoms with van der Waals surface area (Å²) in [7, 11) is 3.82. The van der Waals surface area contributed by atoms with E-state index in [-0.39, 0.29) is 11.4 Å². The van der Waals surface area contributed by atoms with Crippen molar-refractivity contribution in [2.24, 2.45) is 5.92 Å². The van der Waals surface area contributed by atoms with E-state index < -0.39 is 0 Å². The second kappa shape index (κ2) is 7.78. The Kier molecular flexibility index (Phi) is 5.34. The maximum Gasteiger partial charge on any atom is 0.222 e. The molecule has 0 unspecified atom stereocenters. The Morgan fingerprint density at radius 3 is 2.48 bits per heavy atom. The maximum absolute atomic E-state index is 12.6. The number of likely N-dealkylation sites (tertiary alicyclic amines) is 1. The molecule has 2 aliphatic heterocycles. The summed E-state index contributed by atoms with van der Waals surface area (Å²) in [6.45, 7) is 7.53. The highest BCUT2D eigenvalue weighted by Gasteiger charge is 2.44. The fraction of sp³-hybridized carbons (Fsp3) is 0.591. The lowest BCUT2D eigenvalue weighted by molar-refractivity contribution is -0.134. The van der Waals surface area contributed by atoms with Crippen LogP contribution in [0.3, 0.4) is 0 Å². The van der Waals surface area contributed by atoms with E-state index in [1.165, 1.54) is 0 Å². The molecule has 4 rings (SSSR count). The zero-order valence-electron chi connectivity index (χ0n) is 17.9. The van der Waals surface area contributed by atoms with Crippen LogP contribution in [0.4, 0.5) is 0 Å².